The standard InChI is InChI=1S/C18H32N2O2S/c1-8-18(9-2,12-19-16(21)22-17(5,6)7)20-11-15-10-13(3)23-14(15)4/h10,20H,8-9,11-12H2,1-7H3,(H,19,21). The summed E-state index contributed by atoms with van der Waals surface area (Å²) in [5, 5.41) is 6.57. The Morgan fingerprint density at radius 3 is 2.26 bits per heavy atom. The van der Waals surface area contributed by atoms with Gasteiger partial charge in [-0.05, 0) is 59.1 Å². The first-order valence-corrected chi connectivity index (χ1v) is 9.20. The Bertz CT molecular complexity index is 514. The highest BCUT2D eigenvalue weighted by atomic mass is 32.1. The fraction of sp³-hybridized carbons (Fsp3) is 0.722. The zero-order valence-corrected chi connectivity index (χ0v) is 16.4. The molecule has 0 radical (unpaired) electrons. The van der Waals surface area contributed by atoms with Crippen LogP contribution in [0.3, 0.4) is 0 Å². The molecule has 23 heavy (non-hydrogen) atoms. The first-order valence-electron chi connectivity index (χ1n) is 8.38. The number of amides is 1. The van der Waals surface area contributed by atoms with E-state index in [2.05, 4.69) is 44.4 Å². The average Bonchev–Trinajstić information content (AvgIpc) is 2.76. The van der Waals surface area contributed by atoms with Crippen molar-refractivity contribution in [2.75, 3.05) is 6.54 Å². The van der Waals surface area contributed by atoms with Gasteiger partial charge < -0.3 is 15.4 Å². The van der Waals surface area contributed by atoms with Crippen molar-refractivity contribution < 1.29 is 9.53 Å². The van der Waals surface area contributed by atoms with Crippen LogP contribution in [0.5, 0.6) is 0 Å². The minimum atomic E-state index is -0.468. The smallest absolute Gasteiger partial charge is 0.407 e. The Labute approximate surface area is 145 Å². The number of alkyl carbamates (subject to hydrolysis) is 1. The summed E-state index contributed by atoms with van der Waals surface area (Å²) in [6.45, 7) is 15.6. The monoisotopic (exact) mass is 340 g/mol. The van der Waals surface area contributed by atoms with E-state index in [0.29, 0.717) is 6.54 Å². The molecule has 0 aliphatic rings. The number of ether oxygens (including phenoxy) is 1. The number of rotatable bonds is 7. The van der Waals surface area contributed by atoms with Gasteiger partial charge in [0.25, 0.3) is 0 Å². The van der Waals surface area contributed by atoms with Gasteiger partial charge in [0, 0.05) is 28.4 Å². The molecule has 0 unspecified atom stereocenters. The number of hydrogen-bond donors (Lipinski definition) is 2. The molecule has 2 N–H and O–H groups in total. The van der Waals surface area contributed by atoms with E-state index in [0.717, 1.165) is 19.4 Å². The maximum Gasteiger partial charge on any atom is 0.407 e. The lowest BCUT2D eigenvalue weighted by molar-refractivity contribution is 0.0507. The molecule has 0 aromatic carbocycles. The second-order valence-corrected chi connectivity index (χ2v) is 8.60. The first kappa shape index (κ1) is 20.0. The lowest BCUT2D eigenvalue weighted by Crippen LogP contribution is -2.53. The molecular weight excluding hydrogens is 308 g/mol. The lowest BCUT2D eigenvalue weighted by atomic mass is 9.92. The number of aryl methyl sites for hydroxylation is 2. The van der Waals surface area contributed by atoms with Crippen LogP contribution in [0.2, 0.25) is 0 Å². The Morgan fingerprint density at radius 1 is 1.22 bits per heavy atom. The van der Waals surface area contributed by atoms with E-state index in [1.807, 2.05) is 32.1 Å². The van der Waals surface area contributed by atoms with Gasteiger partial charge in [0.1, 0.15) is 5.60 Å². The molecule has 132 valence electrons. The van der Waals surface area contributed by atoms with E-state index >= 15 is 0 Å². The van der Waals surface area contributed by atoms with Crippen molar-refractivity contribution in [2.45, 2.75) is 79.0 Å². The van der Waals surface area contributed by atoms with Crippen molar-refractivity contribution >= 4 is 17.4 Å². The summed E-state index contributed by atoms with van der Waals surface area (Å²) in [6.07, 6.45) is 1.54. The maximum absolute atomic E-state index is 11.9. The molecule has 0 spiro atoms. The van der Waals surface area contributed by atoms with Gasteiger partial charge in [-0.2, -0.15) is 0 Å². The van der Waals surface area contributed by atoms with Crippen LogP contribution in [-0.2, 0) is 11.3 Å². The zero-order valence-electron chi connectivity index (χ0n) is 15.6. The summed E-state index contributed by atoms with van der Waals surface area (Å²) in [4.78, 5) is 14.6. The Kier molecular flexibility index (Phi) is 7.08. The number of nitrogens with one attached hydrogen (secondary N) is 2. The van der Waals surface area contributed by atoms with Gasteiger partial charge in [0.05, 0.1) is 0 Å². The number of carbonyl (C=O) groups excluding carboxylic acids is 1. The molecular formula is C18H32N2O2S. The minimum absolute atomic E-state index is 0.112. The fourth-order valence-electron chi connectivity index (χ4n) is 2.51. The van der Waals surface area contributed by atoms with Gasteiger partial charge in [-0.25, -0.2) is 4.79 Å². The molecule has 0 atom stereocenters. The third kappa shape index (κ3) is 6.51. The molecule has 1 amide bonds. The molecule has 0 aliphatic heterocycles. The molecule has 1 rings (SSSR count). The third-order valence-corrected chi connectivity index (χ3v) is 5.13. The Balaban J connectivity index is 2.64. The summed E-state index contributed by atoms with van der Waals surface area (Å²) in [6, 6.07) is 2.24. The van der Waals surface area contributed by atoms with Crippen molar-refractivity contribution in [3.8, 4) is 0 Å². The van der Waals surface area contributed by atoms with Gasteiger partial charge >= 0.3 is 6.09 Å². The van der Waals surface area contributed by atoms with Crippen LogP contribution in [0.4, 0.5) is 4.79 Å². The number of thiophene rings is 1. The molecule has 1 heterocycles. The molecule has 0 fully saturated rings. The largest absolute Gasteiger partial charge is 0.444 e. The van der Waals surface area contributed by atoms with Gasteiger partial charge in [-0.3, -0.25) is 0 Å². The first-order chi connectivity index (χ1) is 10.6. The summed E-state index contributed by atoms with van der Waals surface area (Å²) in [5.41, 5.74) is 0.763. The van der Waals surface area contributed by atoms with E-state index in [1.54, 1.807) is 0 Å². The minimum Gasteiger partial charge on any atom is -0.444 e. The predicted molar refractivity (Wildman–Crippen MR) is 98.2 cm³/mol. The quantitative estimate of drug-likeness (QED) is 0.766. The molecule has 0 saturated heterocycles. The fourth-order valence-corrected chi connectivity index (χ4v) is 3.46. The molecule has 4 nitrogen and oxygen atoms in total. The van der Waals surface area contributed by atoms with Gasteiger partial charge in [-0.15, -0.1) is 11.3 Å². The van der Waals surface area contributed by atoms with Crippen LogP contribution < -0.4 is 10.6 Å². The molecule has 1 aromatic rings. The van der Waals surface area contributed by atoms with Crippen molar-refractivity contribution in [1.82, 2.24) is 10.6 Å². The van der Waals surface area contributed by atoms with E-state index in [-0.39, 0.29) is 11.6 Å². The lowest BCUT2D eigenvalue weighted by Gasteiger charge is -2.34. The van der Waals surface area contributed by atoms with E-state index < -0.39 is 5.60 Å². The average molecular weight is 341 g/mol. The highest BCUT2D eigenvalue weighted by Crippen LogP contribution is 2.22. The molecule has 5 heteroatoms. The second-order valence-electron chi connectivity index (χ2n) is 7.13. The van der Waals surface area contributed by atoms with Crippen molar-refractivity contribution in [2.24, 2.45) is 0 Å². The van der Waals surface area contributed by atoms with Gasteiger partial charge in [0.2, 0.25) is 0 Å². The van der Waals surface area contributed by atoms with Crippen LogP contribution >= 0.6 is 11.3 Å². The summed E-state index contributed by atoms with van der Waals surface area (Å²) in [5.74, 6) is 0. The third-order valence-electron chi connectivity index (χ3n) is 4.12. The number of hydrogen-bond acceptors (Lipinski definition) is 4. The molecule has 0 bridgehead atoms. The maximum atomic E-state index is 11.9. The van der Waals surface area contributed by atoms with Gasteiger partial charge in [0.15, 0.2) is 0 Å². The highest BCUT2D eigenvalue weighted by Gasteiger charge is 2.27. The van der Waals surface area contributed by atoms with Crippen LogP contribution in [0, 0.1) is 13.8 Å². The highest BCUT2D eigenvalue weighted by molar-refractivity contribution is 7.12. The molecule has 0 saturated carbocycles. The Hall–Kier alpha value is -1.07. The van der Waals surface area contributed by atoms with Crippen LogP contribution in [0.1, 0.15) is 62.8 Å². The Morgan fingerprint density at radius 2 is 1.83 bits per heavy atom. The van der Waals surface area contributed by atoms with Crippen LogP contribution in [-0.4, -0.2) is 23.8 Å². The van der Waals surface area contributed by atoms with Crippen molar-refractivity contribution in [3.05, 3.63) is 21.4 Å². The van der Waals surface area contributed by atoms with Crippen molar-refractivity contribution in [1.29, 1.82) is 0 Å². The predicted octanol–water partition coefficient (Wildman–Crippen LogP) is 4.54. The topological polar surface area (TPSA) is 50.4 Å². The summed E-state index contributed by atoms with van der Waals surface area (Å²) in [7, 11) is 0. The number of carbonyl (C=O) groups is 1. The molecule has 0 aliphatic carbocycles. The van der Waals surface area contributed by atoms with Crippen molar-refractivity contribution in [3.63, 3.8) is 0 Å². The normalized spacial score (nSPS) is 12.3. The summed E-state index contributed by atoms with van der Waals surface area (Å²) >= 11 is 1.83. The van der Waals surface area contributed by atoms with Gasteiger partial charge in [-0.1, -0.05) is 13.8 Å². The van der Waals surface area contributed by atoms with E-state index in [4.69, 9.17) is 4.74 Å². The summed E-state index contributed by atoms with van der Waals surface area (Å²) < 4.78 is 5.33. The van der Waals surface area contributed by atoms with E-state index in [1.165, 1.54) is 15.3 Å². The second kappa shape index (κ2) is 8.15. The van der Waals surface area contributed by atoms with Crippen LogP contribution in [0.25, 0.3) is 0 Å². The zero-order chi connectivity index (χ0) is 17.7. The molecule has 1 aromatic heterocycles. The van der Waals surface area contributed by atoms with Crippen LogP contribution in [0.15, 0.2) is 6.07 Å². The SMILES string of the molecule is CCC(CC)(CNC(=O)OC(C)(C)C)NCc1cc(C)sc1C. The van der Waals surface area contributed by atoms with E-state index in [9.17, 15) is 4.79 Å².